The van der Waals surface area contributed by atoms with Crippen LogP contribution in [0, 0.1) is 11.8 Å². The van der Waals surface area contributed by atoms with E-state index < -0.39 is 31.6 Å². The summed E-state index contributed by atoms with van der Waals surface area (Å²) >= 11 is 1.03. The van der Waals surface area contributed by atoms with E-state index in [1.54, 1.807) is 43.7 Å². The highest BCUT2D eigenvalue weighted by Gasteiger charge is 2.42. The Morgan fingerprint density at radius 2 is 2.00 bits per heavy atom. The molecule has 1 saturated heterocycles. The molecule has 0 spiro atoms. The number of aliphatic hydroxyl groups is 1. The van der Waals surface area contributed by atoms with E-state index in [1.807, 2.05) is 11.9 Å². The van der Waals surface area contributed by atoms with Crippen LogP contribution in [0.5, 0.6) is 5.75 Å². The summed E-state index contributed by atoms with van der Waals surface area (Å²) < 4.78 is 74.0. The highest BCUT2D eigenvalue weighted by Crippen LogP contribution is 2.44. The van der Waals surface area contributed by atoms with Crippen molar-refractivity contribution < 1.29 is 32.0 Å². The van der Waals surface area contributed by atoms with E-state index >= 15 is 0 Å². The normalized spacial score (nSPS) is 19.1. The molecule has 12 heteroatoms. The molecule has 0 aliphatic carbocycles. The zero-order valence-corrected chi connectivity index (χ0v) is 24.3. The minimum absolute atomic E-state index is 0.0750. The lowest BCUT2D eigenvalue weighted by atomic mass is 10.0. The number of anilines is 2. The van der Waals surface area contributed by atoms with Crippen LogP contribution in [-0.2, 0) is 4.57 Å². The lowest BCUT2D eigenvalue weighted by molar-refractivity contribution is -0.206. The number of methoxy groups -OCH3 is 1. The molecule has 3 atom stereocenters. The van der Waals surface area contributed by atoms with Gasteiger partial charge in [0.2, 0.25) is 0 Å². The molecule has 1 fully saturated rings. The quantitative estimate of drug-likeness (QED) is 0.185. The van der Waals surface area contributed by atoms with Gasteiger partial charge in [-0.25, -0.2) is 4.39 Å². The highest BCUT2D eigenvalue weighted by atomic mass is 32.1. The number of likely N-dealkylation sites (tertiary alicyclic amines) is 1. The van der Waals surface area contributed by atoms with E-state index in [4.69, 9.17) is 4.74 Å². The number of nitrogens with zero attached hydrogens (tertiary/aromatic N) is 1. The Hall–Kier alpha value is -2.77. The largest absolute Gasteiger partial charge is 0.495 e. The van der Waals surface area contributed by atoms with Gasteiger partial charge in [-0.15, -0.1) is 11.3 Å². The fourth-order valence-corrected chi connectivity index (χ4v) is 6.67. The van der Waals surface area contributed by atoms with Gasteiger partial charge in [-0.05, 0) is 51.1 Å². The first-order chi connectivity index (χ1) is 18.8. The standard InChI is InChI=1S/C28H32F4N3O3PS/c1-35-14-12-20(19(29)16-35)34-22-8-5-7-18-25(27(36)28(30,31)32)24(40-26(18)22)9-6-13-33-21-11-10-17(39(3,4)37)15-23(21)38-2/h5,7-8,10-11,15,19-20,27,33-34,36H,12-14,16H2,1-4H3/t19?,20?,27-/m1/s1. The van der Waals surface area contributed by atoms with E-state index in [2.05, 4.69) is 22.5 Å². The van der Waals surface area contributed by atoms with Crippen LogP contribution in [0.15, 0.2) is 36.4 Å². The van der Waals surface area contributed by atoms with Crippen molar-refractivity contribution in [3.63, 3.8) is 0 Å². The zero-order chi connectivity index (χ0) is 29.2. The minimum atomic E-state index is -4.89. The average molecular weight is 598 g/mol. The first-order valence-corrected chi connectivity index (χ1v) is 16.1. The molecule has 2 heterocycles. The summed E-state index contributed by atoms with van der Waals surface area (Å²) in [5.74, 6) is 6.10. The molecular formula is C28H32F4N3O3PS. The Bertz CT molecular complexity index is 1480. The fourth-order valence-electron chi connectivity index (χ4n) is 4.62. The smallest absolute Gasteiger partial charge is 0.418 e. The van der Waals surface area contributed by atoms with Gasteiger partial charge in [-0.3, -0.25) is 0 Å². The van der Waals surface area contributed by atoms with Crippen molar-refractivity contribution in [1.29, 1.82) is 0 Å². The van der Waals surface area contributed by atoms with E-state index in [-0.39, 0.29) is 28.9 Å². The Morgan fingerprint density at radius 3 is 2.65 bits per heavy atom. The van der Waals surface area contributed by atoms with E-state index in [0.717, 1.165) is 11.3 Å². The van der Waals surface area contributed by atoms with Gasteiger partial charge >= 0.3 is 6.18 Å². The molecule has 40 heavy (non-hydrogen) atoms. The molecule has 4 rings (SSSR count). The molecule has 1 aliphatic heterocycles. The molecule has 2 aromatic carbocycles. The van der Waals surface area contributed by atoms with Crippen LogP contribution < -0.4 is 20.7 Å². The molecule has 0 bridgehead atoms. The Kier molecular flexibility index (Phi) is 9.05. The molecule has 0 radical (unpaired) electrons. The van der Waals surface area contributed by atoms with Crippen LogP contribution in [0.3, 0.4) is 0 Å². The fraction of sp³-hybridized carbons (Fsp3) is 0.429. The number of alkyl halides is 4. The maximum absolute atomic E-state index is 14.7. The van der Waals surface area contributed by atoms with Crippen molar-refractivity contribution in [2.24, 2.45) is 0 Å². The molecule has 1 aromatic heterocycles. The van der Waals surface area contributed by atoms with Gasteiger partial charge in [0.25, 0.3) is 0 Å². The van der Waals surface area contributed by atoms with Gasteiger partial charge in [-0.2, -0.15) is 13.2 Å². The monoisotopic (exact) mass is 597 g/mol. The summed E-state index contributed by atoms with van der Waals surface area (Å²) in [5.41, 5.74) is 0.786. The van der Waals surface area contributed by atoms with Gasteiger partial charge in [0.05, 0.1) is 40.6 Å². The number of rotatable bonds is 7. The van der Waals surface area contributed by atoms with Crippen molar-refractivity contribution in [3.8, 4) is 17.6 Å². The van der Waals surface area contributed by atoms with E-state index in [1.165, 1.54) is 13.2 Å². The molecule has 0 saturated carbocycles. The lowest BCUT2D eigenvalue weighted by Crippen LogP contribution is -2.46. The van der Waals surface area contributed by atoms with Crippen molar-refractivity contribution in [1.82, 2.24) is 4.90 Å². The Balaban J connectivity index is 1.64. The maximum atomic E-state index is 14.7. The summed E-state index contributed by atoms with van der Waals surface area (Å²) in [7, 11) is 0.829. The average Bonchev–Trinajstić information content (AvgIpc) is 3.25. The molecule has 216 valence electrons. The summed E-state index contributed by atoms with van der Waals surface area (Å²) in [5, 5.41) is 17.4. The molecule has 3 aromatic rings. The number of hydrogen-bond donors (Lipinski definition) is 3. The van der Waals surface area contributed by atoms with Gasteiger partial charge < -0.3 is 29.9 Å². The zero-order valence-electron chi connectivity index (χ0n) is 22.6. The van der Waals surface area contributed by atoms with Gasteiger partial charge in [-0.1, -0.05) is 24.0 Å². The van der Waals surface area contributed by atoms with E-state index in [0.29, 0.717) is 40.1 Å². The second-order valence-electron chi connectivity index (χ2n) is 10.2. The molecule has 6 nitrogen and oxygen atoms in total. The number of fused-ring (bicyclic) bond motifs is 1. The summed E-state index contributed by atoms with van der Waals surface area (Å²) in [6.07, 6.45) is -8.20. The van der Waals surface area contributed by atoms with E-state index in [9.17, 15) is 27.2 Å². The predicted molar refractivity (Wildman–Crippen MR) is 155 cm³/mol. The number of nitrogens with one attached hydrogen (secondary N) is 2. The van der Waals surface area contributed by atoms with Gasteiger partial charge in [0.15, 0.2) is 6.10 Å². The van der Waals surface area contributed by atoms with Crippen LogP contribution in [0.25, 0.3) is 10.1 Å². The third-order valence-electron chi connectivity index (χ3n) is 6.80. The van der Waals surface area contributed by atoms with Gasteiger partial charge in [0, 0.05) is 29.3 Å². The number of halogens is 4. The van der Waals surface area contributed by atoms with Crippen LogP contribution in [0.2, 0.25) is 0 Å². The SMILES string of the molecule is COc1cc(P(C)(C)=O)ccc1NCC#Cc1sc2c(NC3CCN(C)CC3F)cccc2c1[C@@H](O)C(F)(F)F. The van der Waals surface area contributed by atoms with Crippen LogP contribution in [0.4, 0.5) is 28.9 Å². The third kappa shape index (κ3) is 6.74. The van der Waals surface area contributed by atoms with Crippen LogP contribution >= 0.6 is 18.5 Å². The Labute approximate surface area is 235 Å². The van der Waals surface area contributed by atoms with Crippen LogP contribution in [-0.4, -0.2) is 75.5 Å². The summed E-state index contributed by atoms with van der Waals surface area (Å²) in [4.78, 5) is 1.97. The van der Waals surface area contributed by atoms with Crippen molar-refractivity contribution in [3.05, 3.63) is 46.8 Å². The minimum Gasteiger partial charge on any atom is -0.495 e. The lowest BCUT2D eigenvalue weighted by Gasteiger charge is -2.33. The predicted octanol–water partition coefficient (Wildman–Crippen LogP) is 5.67. The number of piperidine rings is 1. The molecule has 3 N–H and O–H groups in total. The summed E-state index contributed by atoms with van der Waals surface area (Å²) in [6.45, 7) is 4.35. The second kappa shape index (κ2) is 12.0. The van der Waals surface area contributed by atoms with Crippen LogP contribution in [0.1, 0.15) is 23.0 Å². The molecular weight excluding hydrogens is 565 g/mol. The number of benzene rings is 2. The van der Waals surface area contributed by atoms with Crippen molar-refractivity contribution >= 4 is 45.2 Å². The number of ether oxygens (including phenoxy) is 1. The topological polar surface area (TPSA) is 73.8 Å². The first kappa shape index (κ1) is 30.2. The molecule has 2 unspecified atom stereocenters. The highest BCUT2D eigenvalue weighted by molar-refractivity contribution is 7.70. The first-order valence-electron chi connectivity index (χ1n) is 12.6. The van der Waals surface area contributed by atoms with Crippen molar-refractivity contribution in [2.75, 3.05) is 57.8 Å². The number of aliphatic hydroxyl groups excluding tert-OH is 1. The summed E-state index contributed by atoms with van der Waals surface area (Å²) in [6, 6.07) is 9.45. The Morgan fingerprint density at radius 1 is 1.25 bits per heavy atom. The van der Waals surface area contributed by atoms with Gasteiger partial charge in [0.1, 0.15) is 19.1 Å². The molecule has 1 aliphatic rings. The third-order valence-corrected chi connectivity index (χ3v) is 9.49. The van der Waals surface area contributed by atoms with Crippen molar-refractivity contribution in [2.45, 2.75) is 30.9 Å². The number of thiophene rings is 1. The maximum Gasteiger partial charge on any atom is 0.418 e. The second-order valence-corrected chi connectivity index (χ2v) is 14.4. The number of hydrogen-bond acceptors (Lipinski definition) is 7. The molecule has 0 amide bonds.